The van der Waals surface area contributed by atoms with Crippen molar-refractivity contribution in [3.63, 3.8) is 0 Å². The largest absolute Gasteiger partial charge is 0.573 e. The van der Waals surface area contributed by atoms with Crippen molar-refractivity contribution in [3.8, 4) is 16.9 Å². The number of ether oxygens (including phenoxy) is 2. The summed E-state index contributed by atoms with van der Waals surface area (Å²) in [5.74, 6) is -1.64. The van der Waals surface area contributed by atoms with Crippen LogP contribution in [0.25, 0.3) is 11.1 Å². The highest BCUT2D eigenvalue weighted by molar-refractivity contribution is 5.80. The smallest absolute Gasteiger partial charge is 0.480 e. The second-order valence-electron chi connectivity index (χ2n) is 7.49. The molecule has 9 heteroatoms. The van der Waals surface area contributed by atoms with Crippen LogP contribution in [0.15, 0.2) is 48.5 Å². The molecular formula is C21H22F3NO5. The molecule has 0 bridgehead atoms. The van der Waals surface area contributed by atoms with Gasteiger partial charge >= 0.3 is 18.4 Å². The molecule has 6 nitrogen and oxygen atoms in total. The first kappa shape index (κ1) is 23.1. The zero-order chi connectivity index (χ0) is 22.5. The molecule has 0 radical (unpaired) electrons. The number of rotatable bonds is 6. The number of benzene rings is 2. The standard InChI is InChI=1S/C21H22F3NO5/c1-20(2,3)30-19(28)25-16(18(26)27)12-13-7-6-8-14(11-13)15-9-4-5-10-17(15)29-21(22,23)24/h4-11,16H,12H2,1-3H3,(H,25,28)(H,26,27)/t16-/m0/s1. The Bertz CT molecular complexity index is 906. The molecule has 0 fully saturated rings. The van der Waals surface area contributed by atoms with Gasteiger partial charge in [0, 0.05) is 12.0 Å². The molecule has 0 aliphatic heterocycles. The molecule has 0 heterocycles. The fourth-order valence-corrected chi connectivity index (χ4v) is 2.67. The predicted octanol–water partition coefficient (Wildman–Crippen LogP) is 4.77. The van der Waals surface area contributed by atoms with Crippen LogP contribution in [0.3, 0.4) is 0 Å². The molecular weight excluding hydrogens is 403 g/mol. The van der Waals surface area contributed by atoms with Crippen LogP contribution in [0.5, 0.6) is 5.75 Å². The highest BCUT2D eigenvalue weighted by Crippen LogP contribution is 2.34. The van der Waals surface area contributed by atoms with Gasteiger partial charge < -0.3 is 19.9 Å². The van der Waals surface area contributed by atoms with E-state index < -0.39 is 30.1 Å². The minimum absolute atomic E-state index is 0.0925. The SMILES string of the molecule is CC(C)(C)OC(=O)N[C@@H](Cc1cccc(-c2ccccc2OC(F)(F)F)c1)C(=O)O. The van der Waals surface area contributed by atoms with E-state index >= 15 is 0 Å². The van der Waals surface area contributed by atoms with Crippen molar-refractivity contribution in [2.24, 2.45) is 0 Å². The summed E-state index contributed by atoms with van der Waals surface area (Å²) in [6.45, 7) is 4.94. The molecule has 0 aromatic heterocycles. The lowest BCUT2D eigenvalue weighted by Gasteiger charge is -2.22. The van der Waals surface area contributed by atoms with E-state index in [1.54, 1.807) is 51.1 Å². The lowest BCUT2D eigenvalue weighted by molar-refractivity contribution is -0.274. The van der Waals surface area contributed by atoms with Gasteiger partial charge in [0.15, 0.2) is 0 Å². The zero-order valence-electron chi connectivity index (χ0n) is 16.6. The van der Waals surface area contributed by atoms with Gasteiger partial charge in [-0.25, -0.2) is 9.59 Å². The van der Waals surface area contributed by atoms with Crippen molar-refractivity contribution >= 4 is 12.1 Å². The van der Waals surface area contributed by atoms with Crippen molar-refractivity contribution in [1.82, 2.24) is 5.32 Å². The number of nitrogens with one attached hydrogen (secondary N) is 1. The van der Waals surface area contributed by atoms with E-state index in [1.807, 2.05) is 0 Å². The summed E-state index contributed by atoms with van der Waals surface area (Å²) < 4.78 is 47.2. The number of hydrogen-bond acceptors (Lipinski definition) is 4. The van der Waals surface area contributed by atoms with E-state index in [4.69, 9.17) is 4.74 Å². The van der Waals surface area contributed by atoms with E-state index in [9.17, 15) is 27.9 Å². The Kier molecular flexibility index (Phi) is 6.96. The average molecular weight is 425 g/mol. The third-order valence-corrected chi connectivity index (χ3v) is 3.78. The summed E-state index contributed by atoms with van der Waals surface area (Å²) in [5, 5.41) is 11.7. The van der Waals surface area contributed by atoms with Gasteiger partial charge in [-0.1, -0.05) is 42.5 Å². The van der Waals surface area contributed by atoms with Crippen LogP contribution < -0.4 is 10.1 Å². The van der Waals surface area contributed by atoms with Crippen LogP contribution in [0.2, 0.25) is 0 Å². The molecule has 30 heavy (non-hydrogen) atoms. The van der Waals surface area contributed by atoms with Crippen molar-refractivity contribution in [1.29, 1.82) is 0 Å². The third-order valence-electron chi connectivity index (χ3n) is 3.78. The van der Waals surface area contributed by atoms with Gasteiger partial charge in [-0.2, -0.15) is 0 Å². The molecule has 2 rings (SSSR count). The zero-order valence-corrected chi connectivity index (χ0v) is 16.6. The number of amides is 1. The predicted molar refractivity (Wildman–Crippen MR) is 103 cm³/mol. The van der Waals surface area contributed by atoms with Crippen LogP contribution in [-0.4, -0.2) is 35.2 Å². The first-order chi connectivity index (χ1) is 13.8. The number of carbonyl (C=O) groups is 2. The minimum Gasteiger partial charge on any atom is -0.480 e. The van der Waals surface area contributed by atoms with E-state index in [1.165, 1.54) is 18.2 Å². The van der Waals surface area contributed by atoms with Crippen molar-refractivity contribution in [2.75, 3.05) is 0 Å². The third kappa shape index (κ3) is 7.31. The van der Waals surface area contributed by atoms with E-state index in [0.29, 0.717) is 11.1 Å². The molecule has 2 aromatic carbocycles. The Balaban J connectivity index is 2.24. The van der Waals surface area contributed by atoms with Gasteiger partial charge in [0.1, 0.15) is 17.4 Å². The van der Waals surface area contributed by atoms with Crippen molar-refractivity contribution in [3.05, 3.63) is 54.1 Å². The van der Waals surface area contributed by atoms with Crippen LogP contribution in [0.1, 0.15) is 26.3 Å². The maximum atomic E-state index is 12.7. The molecule has 0 aliphatic carbocycles. The van der Waals surface area contributed by atoms with E-state index in [-0.39, 0.29) is 17.7 Å². The molecule has 1 amide bonds. The van der Waals surface area contributed by atoms with Crippen LogP contribution in [0.4, 0.5) is 18.0 Å². The van der Waals surface area contributed by atoms with Gasteiger partial charge in [0.05, 0.1) is 0 Å². The number of para-hydroxylation sites is 1. The Labute approximate surface area is 171 Å². The summed E-state index contributed by atoms with van der Waals surface area (Å²) in [5.41, 5.74) is 0.310. The Morgan fingerprint density at radius 2 is 1.73 bits per heavy atom. The topological polar surface area (TPSA) is 84.9 Å². The second kappa shape index (κ2) is 9.06. The number of alkyl carbamates (subject to hydrolysis) is 1. The molecule has 0 saturated heterocycles. The van der Waals surface area contributed by atoms with Gasteiger partial charge in [-0.05, 0) is 38.0 Å². The molecule has 1 atom stereocenters. The number of aliphatic carboxylic acids is 1. The molecule has 162 valence electrons. The Morgan fingerprint density at radius 1 is 1.07 bits per heavy atom. The van der Waals surface area contributed by atoms with Gasteiger partial charge in [-0.3, -0.25) is 0 Å². The number of carbonyl (C=O) groups excluding carboxylic acids is 1. The summed E-state index contributed by atoms with van der Waals surface area (Å²) in [6, 6.07) is 10.7. The Hall–Kier alpha value is -3.23. The fourth-order valence-electron chi connectivity index (χ4n) is 2.67. The number of halogens is 3. The second-order valence-corrected chi connectivity index (χ2v) is 7.49. The lowest BCUT2D eigenvalue weighted by atomic mass is 9.99. The summed E-state index contributed by atoms with van der Waals surface area (Å²) in [7, 11) is 0. The summed E-state index contributed by atoms with van der Waals surface area (Å²) >= 11 is 0. The number of hydrogen-bond donors (Lipinski definition) is 2. The van der Waals surface area contributed by atoms with E-state index in [0.717, 1.165) is 0 Å². The Morgan fingerprint density at radius 3 is 2.33 bits per heavy atom. The monoisotopic (exact) mass is 425 g/mol. The lowest BCUT2D eigenvalue weighted by Crippen LogP contribution is -2.44. The van der Waals surface area contributed by atoms with Crippen molar-refractivity contribution in [2.45, 2.75) is 45.2 Å². The van der Waals surface area contributed by atoms with Gasteiger partial charge in [0.2, 0.25) is 0 Å². The molecule has 0 unspecified atom stereocenters. The quantitative estimate of drug-likeness (QED) is 0.696. The molecule has 0 saturated carbocycles. The first-order valence-electron chi connectivity index (χ1n) is 9.00. The van der Waals surface area contributed by atoms with Crippen LogP contribution >= 0.6 is 0 Å². The molecule has 0 spiro atoms. The van der Waals surface area contributed by atoms with Crippen LogP contribution in [-0.2, 0) is 16.0 Å². The molecule has 2 N–H and O–H groups in total. The summed E-state index contributed by atoms with van der Waals surface area (Å²) in [4.78, 5) is 23.5. The van der Waals surface area contributed by atoms with Gasteiger partial charge in [-0.15, -0.1) is 13.2 Å². The number of alkyl halides is 3. The maximum absolute atomic E-state index is 12.7. The minimum atomic E-state index is -4.85. The molecule has 0 aliphatic rings. The molecule has 2 aromatic rings. The maximum Gasteiger partial charge on any atom is 0.573 e. The highest BCUT2D eigenvalue weighted by atomic mass is 19.4. The normalized spacial score (nSPS) is 12.7. The highest BCUT2D eigenvalue weighted by Gasteiger charge is 2.32. The van der Waals surface area contributed by atoms with Crippen molar-refractivity contribution < 1.29 is 37.3 Å². The fraction of sp³-hybridized carbons (Fsp3) is 0.333. The number of carboxylic acids is 1. The van der Waals surface area contributed by atoms with Crippen LogP contribution in [0, 0.1) is 0 Å². The van der Waals surface area contributed by atoms with E-state index in [2.05, 4.69) is 10.1 Å². The number of carboxylic acid groups (broad SMARTS) is 1. The summed E-state index contributed by atoms with van der Waals surface area (Å²) in [6.07, 6.45) is -5.82. The van der Waals surface area contributed by atoms with Gasteiger partial charge in [0.25, 0.3) is 0 Å². The average Bonchev–Trinajstić information content (AvgIpc) is 2.59. The first-order valence-corrected chi connectivity index (χ1v) is 9.00.